The summed E-state index contributed by atoms with van der Waals surface area (Å²) in [5.41, 5.74) is -3.86. The van der Waals surface area contributed by atoms with Crippen molar-refractivity contribution in [3.05, 3.63) is 113 Å². The first kappa shape index (κ1) is 34.9. The van der Waals surface area contributed by atoms with Crippen LogP contribution in [-0.4, -0.2) is 45.3 Å². The molecule has 2 heterocycles. The zero-order valence-corrected chi connectivity index (χ0v) is 25.7. The Morgan fingerprint density at radius 1 is 0.756 bits per heavy atom. The number of methoxy groups -OCH3 is 2. The number of ether oxygens (including phenoxy) is 2. The van der Waals surface area contributed by atoms with Crippen LogP contribution in [0.25, 0.3) is 11.4 Å². The Bertz CT molecular complexity index is 1890. The van der Waals surface area contributed by atoms with Crippen molar-refractivity contribution in [2.45, 2.75) is 26.2 Å². The molecule has 0 aliphatic rings. The Morgan fingerprint density at radius 3 is 1.67 bits per heavy atom. The Kier molecular flexibility index (Phi) is 10.6. The highest BCUT2D eigenvalue weighted by molar-refractivity contribution is 14.1. The highest BCUT2D eigenvalue weighted by atomic mass is 127. The number of carbonyl (C=O) groups is 2. The second-order valence-electron chi connectivity index (χ2n) is 8.95. The summed E-state index contributed by atoms with van der Waals surface area (Å²) < 4.78 is 88.1. The van der Waals surface area contributed by atoms with Crippen molar-refractivity contribution in [1.29, 1.82) is 0 Å². The van der Waals surface area contributed by atoms with Gasteiger partial charge in [0.2, 0.25) is 11.4 Å². The van der Waals surface area contributed by atoms with E-state index in [-0.39, 0.29) is 17.1 Å². The van der Waals surface area contributed by atoms with E-state index in [9.17, 15) is 45.5 Å². The first-order chi connectivity index (χ1) is 20.9. The molecule has 0 atom stereocenters. The van der Waals surface area contributed by atoms with Gasteiger partial charge in [-0.1, -0.05) is 12.1 Å². The normalized spacial score (nSPS) is 11.4. The van der Waals surface area contributed by atoms with E-state index in [4.69, 9.17) is 0 Å². The maximum absolute atomic E-state index is 12.9. The fourth-order valence-electron chi connectivity index (χ4n) is 3.86. The van der Waals surface area contributed by atoms with Gasteiger partial charge in [-0.05, 0) is 72.8 Å². The highest BCUT2D eigenvalue weighted by Gasteiger charge is 2.32. The van der Waals surface area contributed by atoms with Gasteiger partial charge in [-0.25, -0.2) is 19.6 Å². The molecule has 0 amide bonds. The molecule has 0 N–H and O–H groups in total. The monoisotopic (exact) mass is 750 g/mol. The Labute approximate surface area is 263 Å². The van der Waals surface area contributed by atoms with Gasteiger partial charge in [0.15, 0.2) is 0 Å². The molecule has 2 aromatic heterocycles. The van der Waals surface area contributed by atoms with Crippen LogP contribution >= 0.6 is 22.6 Å². The van der Waals surface area contributed by atoms with Gasteiger partial charge in [-0.2, -0.15) is 26.3 Å². The Balaban J connectivity index is 0.000000246. The summed E-state index contributed by atoms with van der Waals surface area (Å²) in [6.45, 7) is 3.02. The fourth-order valence-corrected chi connectivity index (χ4v) is 4.34. The predicted molar refractivity (Wildman–Crippen MR) is 155 cm³/mol. The first-order valence-electron chi connectivity index (χ1n) is 12.3. The molecular weight excluding hydrogens is 729 g/mol. The minimum Gasteiger partial charge on any atom is -0.464 e. The third-order valence-electron chi connectivity index (χ3n) is 6.01. The third-order valence-corrected chi connectivity index (χ3v) is 7.03. The van der Waals surface area contributed by atoms with Crippen LogP contribution < -0.4 is 11.1 Å². The van der Waals surface area contributed by atoms with Crippen LogP contribution in [-0.2, 0) is 21.8 Å². The van der Waals surface area contributed by atoms with Gasteiger partial charge in [0, 0.05) is 23.3 Å². The number of hydrogen-bond donors (Lipinski definition) is 0. The zero-order chi connectivity index (χ0) is 33.9. The second kappa shape index (κ2) is 13.6. The Morgan fingerprint density at radius 2 is 1.20 bits per heavy atom. The molecule has 238 valence electrons. The van der Waals surface area contributed by atoms with E-state index in [0.29, 0.717) is 9.39 Å². The smallest absolute Gasteiger partial charge is 0.416 e. The largest absolute Gasteiger partial charge is 0.464 e. The molecule has 4 aromatic rings. The lowest BCUT2D eigenvalue weighted by atomic mass is 10.2. The van der Waals surface area contributed by atoms with E-state index in [1.165, 1.54) is 44.3 Å². The van der Waals surface area contributed by atoms with Crippen molar-refractivity contribution < 1.29 is 45.4 Å². The van der Waals surface area contributed by atoms with Gasteiger partial charge in [-0.15, -0.1) is 0 Å². The molecule has 0 unspecified atom stereocenters. The summed E-state index contributed by atoms with van der Waals surface area (Å²) >= 11 is 1.79. The van der Waals surface area contributed by atoms with Gasteiger partial charge >= 0.3 is 24.3 Å². The standard InChI is InChI=1S/C14H10F3IN2O3.C14H11F3N2O3/c1-7-11(18)19-10(13(22)23-2)12(21)20(7)9-5-3-4-8(6-9)14(15,16)17;1-8-7-18-11(13(21)22-2)12(20)19(8)10-5-3-4-9(6-10)14(15,16)17/h3-6H,1-2H3;3-7H,1-2H3. The van der Waals surface area contributed by atoms with Crippen LogP contribution in [0.15, 0.2) is 64.3 Å². The molecule has 4 rings (SSSR count). The number of benzene rings is 2. The first-order valence-corrected chi connectivity index (χ1v) is 13.4. The molecule has 0 fully saturated rings. The molecule has 0 spiro atoms. The lowest BCUT2D eigenvalue weighted by molar-refractivity contribution is -0.138. The van der Waals surface area contributed by atoms with E-state index >= 15 is 0 Å². The zero-order valence-electron chi connectivity index (χ0n) is 23.6. The summed E-state index contributed by atoms with van der Waals surface area (Å²) in [6, 6.07) is 8.52. The molecule has 2 aromatic carbocycles. The van der Waals surface area contributed by atoms with Crippen LogP contribution in [0.2, 0.25) is 0 Å². The molecule has 10 nitrogen and oxygen atoms in total. The van der Waals surface area contributed by atoms with Gasteiger partial charge in [0.1, 0.15) is 3.70 Å². The summed E-state index contributed by atoms with van der Waals surface area (Å²) in [5.74, 6) is -1.90. The van der Waals surface area contributed by atoms with Crippen LogP contribution in [0.4, 0.5) is 26.3 Å². The van der Waals surface area contributed by atoms with Crippen molar-refractivity contribution in [2.24, 2.45) is 0 Å². The molecule has 0 aliphatic carbocycles. The average Bonchev–Trinajstić information content (AvgIpc) is 2.98. The minimum atomic E-state index is -4.54. The van der Waals surface area contributed by atoms with Crippen molar-refractivity contribution in [3.8, 4) is 11.4 Å². The number of rotatable bonds is 4. The van der Waals surface area contributed by atoms with E-state index in [0.717, 1.165) is 47.6 Å². The lowest BCUT2D eigenvalue weighted by Crippen LogP contribution is -2.30. The molecule has 0 saturated carbocycles. The molecule has 0 bridgehead atoms. The lowest BCUT2D eigenvalue weighted by Gasteiger charge is -2.14. The predicted octanol–water partition coefficient (Wildman–Crippen LogP) is 5.30. The summed E-state index contributed by atoms with van der Waals surface area (Å²) in [7, 11) is 2.17. The van der Waals surface area contributed by atoms with Gasteiger partial charge in [0.25, 0.3) is 11.1 Å². The number of aromatic nitrogens is 4. The van der Waals surface area contributed by atoms with Crippen LogP contribution in [0.3, 0.4) is 0 Å². The molecule has 0 saturated heterocycles. The topological polar surface area (TPSA) is 122 Å². The SMILES string of the molecule is COC(=O)c1nc(I)c(C)n(-c2cccc(C(F)(F)F)c2)c1=O.COC(=O)c1ncc(C)n(-c2cccc(C(F)(F)F)c2)c1=O. The number of esters is 2. The number of nitrogens with zero attached hydrogens (tertiary/aromatic N) is 4. The second-order valence-corrected chi connectivity index (χ2v) is 9.97. The molecule has 0 radical (unpaired) electrons. The van der Waals surface area contributed by atoms with Crippen molar-refractivity contribution in [2.75, 3.05) is 14.2 Å². The number of alkyl halides is 6. The van der Waals surface area contributed by atoms with Gasteiger partial charge in [0.05, 0.1) is 31.0 Å². The Hall–Kier alpha value is -4.55. The maximum Gasteiger partial charge on any atom is 0.416 e. The average molecular weight is 750 g/mol. The van der Waals surface area contributed by atoms with E-state index < -0.39 is 57.9 Å². The van der Waals surface area contributed by atoms with E-state index in [1.807, 2.05) is 0 Å². The number of carbonyl (C=O) groups excluding carboxylic acids is 2. The van der Waals surface area contributed by atoms with Gasteiger partial charge < -0.3 is 9.47 Å². The number of halogens is 7. The molecular formula is C28H21F6IN4O6. The molecule has 0 aliphatic heterocycles. The van der Waals surface area contributed by atoms with E-state index in [1.54, 1.807) is 22.6 Å². The van der Waals surface area contributed by atoms with Crippen molar-refractivity contribution >= 4 is 34.5 Å². The van der Waals surface area contributed by atoms with Crippen molar-refractivity contribution in [1.82, 2.24) is 19.1 Å². The fraction of sp³-hybridized carbons (Fsp3) is 0.214. The highest BCUT2D eigenvalue weighted by Crippen LogP contribution is 2.31. The van der Waals surface area contributed by atoms with Crippen molar-refractivity contribution in [3.63, 3.8) is 0 Å². The van der Waals surface area contributed by atoms with Crippen LogP contribution in [0, 0.1) is 17.5 Å². The quantitative estimate of drug-likeness (QED) is 0.157. The number of hydrogen-bond acceptors (Lipinski definition) is 8. The summed E-state index contributed by atoms with van der Waals surface area (Å²) in [6.07, 6.45) is -7.86. The third kappa shape index (κ3) is 7.76. The molecule has 17 heteroatoms. The van der Waals surface area contributed by atoms with Crippen LogP contribution in [0.5, 0.6) is 0 Å². The molecule has 45 heavy (non-hydrogen) atoms. The summed E-state index contributed by atoms with van der Waals surface area (Å²) in [5, 5.41) is 0. The van der Waals surface area contributed by atoms with E-state index in [2.05, 4.69) is 19.4 Å². The van der Waals surface area contributed by atoms with Crippen LogP contribution in [0.1, 0.15) is 43.5 Å². The summed E-state index contributed by atoms with van der Waals surface area (Å²) in [4.78, 5) is 55.3. The van der Waals surface area contributed by atoms with Gasteiger partial charge in [-0.3, -0.25) is 18.7 Å². The number of aryl methyl sites for hydroxylation is 1. The minimum absolute atomic E-state index is 0.00667. The maximum atomic E-state index is 12.9.